The maximum Gasteiger partial charge on any atom is 0.258 e. The molecule has 2 heteroatoms. The van der Waals surface area contributed by atoms with Crippen LogP contribution in [0.25, 0.3) is 11.6 Å². The van der Waals surface area contributed by atoms with Crippen LogP contribution in [-0.4, -0.2) is 13.0 Å². The quantitative estimate of drug-likeness (QED) is 0.708. The summed E-state index contributed by atoms with van der Waals surface area (Å²) >= 11 is 0. The average Bonchev–Trinajstić information content (AvgIpc) is 2.73. The minimum atomic E-state index is 0.0566. The van der Waals surface area contributed by atoms with Crippen molar-refractivity contribution >= 4 is 23.2 Å². The van der Waals surface area contributed by atoms with Gasteiger partial charge >= 0.3 is 0 Å². The molecule has 0 aliphatic carbocycles. The molecule has 1 aliphatic heterocycles. The largest absolute Gasteiger partial charge is 0.311 e. The van der Waals surface area contributed by atoms with Gasteiger partial charge in [-0.15, -0.1) is 0 Å². The van der Waals surface area contributed by atoms with Crippen LogP contribution in [0.5, 0.6) is 0 Å². The van der Waals surface area contributed by atoms with Gasteiger partial charge in [-0.25, -0.2) is 0 Å². The minimum absolute atomic E-state index is 0.0566. The molecule has 0 atom stereocenters. The lowest BCUT2D eigenvalue weighted by atomic mass is 9.86. The summed E-state index contributed by atoms with van der Waals surface area (Å²) in [7, 11) is 1.82. The Hall–Kier alpha value is -2.35. The molecule has 0 unspecified atom stereocenters. The van der Waals surface area contributed by atoms with E-state index in [9.17, 15) is 4.79 Å². The van der Waals surface area contributed by atoms with Crippen molar-refractivity contribution in [2.75, 3.05) is 11.9 Å². The van der Waals surface area contributed by atoms with Crippen molar-refractivity contribution in [3.63, 3.8) is 0 Å². The van der Waals surface area contributed by atoms with Gasteiger partial charge in [0.1, 0.15) is 0 Å². The second kappa shape index (κ2) is 5.13. The zero-order valence-corrected chi connectivity index (χ0v) is 13.6. The number of fused-ring (bicyclic) bond motifs is 1. The van der Waals surface area contributed by atoms with E-state index in [1.165, 1.54) is 5.56 Å². The molecule has 112 valence electrons. The summed E-state index contributed by atoms with van der Waals surface area (Å²) in [5.41, 5.74) is 5.25. The van der Waals surface area contributed by atoms with E-state index < -0.39 is 0 Å². The van der Waals surface area contributed by atoms with Crippen molar-refractivity contribution in [1.82, 2.24) is 0 Å². The van der Waals surface area contributed by atoms with Crippen molar-refractivity contribution in [3.05, 3.63) is 65.2 Å². The molecule has 0 aromatic heterocycles. The molecule has 3 rings (SSSR count). The van der Waals surface area contributed by atoms with Crippen molar-refractivity contribution in [2.45, 2.75) is 26.2 Å². The van der Waals surface area contributed by atoms with Gasteiger partial charge < -0.3 is 4.90 Å². The minimum Gasteiger partial charge on any atom is -0.311 e. The molecule has 2 aromatic carbocycles. The number of rotatable bonds is 1. The first-order valence-electron chi connectivity index (χ1n) is 7.57. The van der Waals surface area contributed by atoms with Gasteiger partial charge in [-0.3, -0.25) is 4.79 Å². The summed E-state index contributed by atoms with van der Waals surface area (Å²) < 4.78 is 0. The SMILES string of the molecule is CN1C(=O)/C(=C/c2ccc(C(C)(C)C)cc2)c2ccccc21. The third-order valence-corrected chi connectivity index (χ3v) is 4.18. The van der Waals surface area contributed by atoms with Gasteiger partial charge in [0, 0.05) is 18.2 Å². The highest BCUT2D eigenvalue weighted by Gasteiger charge is 2.28. The van der Waals surface area contributed by atoms with Gasteiger partial charge in [0.05, 0.1) is 5.69 Å². The molecule has 2 nitrogen and oxygen atoms in total. The monoisotopic (exact) mass is 291 g/mol. The summed E-state index contributed by atoms with van der Waals surface area (Å²) in [4.78, 5) is 14.2. The Morgan fingerprint density at radius 3 is 2.23 bits per heavy atom. The summed E-state index contributed by atoms with van der Waals surface area (Å²) in [5.74, 6) is 0.0566. The van der Waals surface area contributed by atoms with Crippen molar-refractivity contribution in [3.8, 4) is 0 Å². The Kier molecular flexibility index (Phi) is 3.40. The summed E-state index contributed by atoms with van der Waals surface area (Å²) in [6, 6.07) is 16.4. The lowest BCUT2D eigenvalue weighted by molar-refractivity contribution is -0.112. The van der Waals surface area contributed by atoms with Gasteiger partial charge in [0.15, 0.2) is 0 Å². The zero-order chi connectivity index (χ0) is 15.9. The predicted octanol–water partition coefficient (Wildman–Crippen LogP) is 4.50. The Balaban J connectivity index is 2.01. The first-order valence-corrected chi connectivity index (χ1v) is 7.57. The van der Waals surface area contributed by atoms with Gasteiger partial charge in [0.2, 0.25) is 0 Å². The Morgan fingerprint density at radius 1 is 0.955 bits per heavy atom. The van der Waals surface area contributed by atoms with Crippen LogP contribution >= 0.6 is 0 Å². The molecule has 0 saturated carbocycles. The molecule has 22 heavy (non-hydrogen) atoms. The van der Waals surface area contributed by atoms with Crippen LogP contribution in [0.4, 0.5) is 5.69 Å². The lowest BCUT2D eigenvalue weighted by Gasteiger charge is -2.18. The van der Waals surface area contributed by atoms with Crippen molar-refractivity contribution < 1.29 is 4.79 Å². The van der Waals surface area contributed by atoms with Crippen LogP contribution < -0.4 is 4.90 Å². The number of carbonyl (C=O) groups excluding carboxylic acids is 1. The fourth-order valence-electron chi connectivity index (χ4n) is 2.78. The number of benzene rings is 2. The van der Waals surface area contributed by atoms with E-state index in [1.807, 2.05) is 37.4 Å². The number of hydrogen-bond acceptors (Lipinski definition) is 1. The van der Waals surface area contributed by atoms with Crippen LogP contribution in [0.3, 0.4) is 0 Å². The van der Waals surface area contributed by atoms with E-state index in [-0.39, 0.29) is 11.3 Å². The van der Waals surface area contributed by atoms with E-state index in [2.05, 4.69) is 45.0 Å². The standard InChI is InChI=1S/C20H21NO/c1-20(2,3)15-11-9-14(10-12-15)13-17-16-7-5-6-8-18(16)21(4)19(17)22/h5-13H,1-4H3/b17-13+. The smallest absolute Gasteiger partial charge is 0.258 e. The molecule has 1 aliphatic rings. The lowest BCUT2D eigenvalue weighted by Crippen LogP contribution is -2.20. The molecule has 0 N–H and O–H groups in total. The molecular weight excluding hydrogens is 270 g/mol. The molecule has 0 saturated heterocycles. The Labute approximate surface area is 132 Å². The predicted molar refractivity (Wildman–Crippen MR) is 92.9 cm³/mol. The number of likely N-dealkylation sites (N-methyl/N-ethyl adjacent to an activating group) is 1. The fourth-order valence-corrected chi connectivity index (χ4v) is 2.78. The molecule has 0 bridgehead atoms. The number of nitrogens with zero attached hydrogens (tertiary/aromatic N) is 1. The number of hydrogen-bond donors (Lipinski definition) is 0. The maximum atomic E-state index is 12.5. The summed E-state index contributed by atoms with van der Waals surface area (Å²) in [5, 5.41) is 0. The second-order valence-electron chi connectivity index (χ2n) is 6.81. The number of amides is 1. The Morgan fingerprint density at radius 2 is 1.59 bits per heavy atom. The van der Waals surface area contributed by atoms with Crippen LogP contribution in [0.1, 0.15) is 37.5 Å². The first-order chi connectivity index (χ1) is 10.4. The molecule has 0 spiro atoms. The van der Waals surface area contributed by atoms with Crippen molar-refractivity contribution in [1.29, 1.82) is 0 Å². The van der Waals surface area contributed by atoms with Crippen LogP contribution in [0, 0.1) is 0 Å². The van der Waals surface area contributed by atoms with Gasteiger partial charge in [-0.2, -0.15) is 0 Å². The summed E-state index contributed by atoms with van der Waals surface area (Å²) in [6.45, 7) is 6.60. The normalized spacial score (nSPS) is 16.3. The third kappa shape index (κ3) is 2.45. The van der Waals surface area contributed by atoms with Gasteiger partial charge in [0.25, 0.3) is 5.91 Å². The van der Waals surface area contributed by atoms with E-state index >= 15 is 0 Å². The molecular formula is C20H21NO. The molecule has 1 heterocycles. The van der Waals surface area contributed by atoms with E-state index in [4.69, 9.17) is 0 Å². The zero-order valence-electron chi connectivity index (χ0n) is 13.6. The highest BCUT2D eigenvalue weighted by molar-refractivity contribution is 6.35. The number of para-hydroxylation sites is 1. The van der Waals surface area contributed by atoms with Gasteiger partial charge in [-0.05, 0) is 28.7 Å². The fraction of sp³-hybridized carbons (Fsp3) is 0.250. The number of anilines is 1. The highest BCUT2D eigenvalue weighted by atomic mass is 16.2. The van der Waals surface area contributed by atoms with E-state index in [1.54, 1.807) is 4.90 Å². The Bertz CT molecular complexity index is 748. The highest BCUT2D eigenvalue weighted by Crippen LogP contribution is 2.36. The molecule has 0 radical (unpaired) electrons. The maximum absolute atomic E-state index is 12.5. The van der Waals surface area contributed by atoms with Crippen LogP contribution in [-0.2, 0) is 10.2 Å². The first kappa shape index (κ1) is 14.6. The molecule has 2 aromatic rings. The van der Waals surface area contributed by atoms with Crippen LogP contribution in [0.15, 0.2) is 48.5 Å². The van der Waals surface area contributed by atoms with Crippen molar-refractivity contribution in [2.24, 2.45) is 0 Å². The average molecular weight is 291 g/mol. The second-order valence-corrected chi connectivity index (χ2v) is 6.81. The van der Waals surface area contributed by atoms with E-state index in [0.29, 0.717) is 0 Å². The summed E-state index contributed by atoms with van der Waals surface area (Å²) in [6.07, 6.45) is 1.98. The van der Waals surface area contributed by atoms with E-state index in [0.717, 1.165) is 22.4 Å². The number of carbonyl (C=O) groups is 1. The molecule has 1 amide bonds. The third-order valence-electron chi connectivity index (χ3n) is 4.18. The molecule has 0 fully saturated rings. The van der Waals surface area contributed by atoms with Crippen LogP contribution in [0.2, 0.25) is 0 Å². The topological polar surface area (TPSA) is 20.3 Å². The van der Waals surface area contributed by atoms with Gasteiger partial charge in [-0.1, -0.05) is 63.2 Å².